The molecule has 10 heteroatoms. The Hall–Kier alpha value is -2.69. The number of hydrogen-bond donors (Lipinski definition) is 1. The largest absolute Gasteiger partial charge is 0.320 e. The minimum Gasteiger partial charge on any atom is -0.320 e. The highest BCUT2D eigenvalue weighted by Gasteiger charge is 2.39. The first-order valence-corrected chi connectivity index (χ1v) is 12.4. The van der Waals surface area contributed by atoms with Crippen molar-refractivity contribution in [1.82, 2.24) is 14.5 Å². The number of nitrogens with one attached hydrogen (secondary N) is 1. The first-order valence-electron chi connectivity index (χ1n) is 10.2. The molecule has 0 radical (unpaired) electrons. The van der Waals surface area contributed by atoms with Crippen LogP contribution in [-0.2, 0) is 10.0 Å². The van der Waals surface area contributed by atoms with Crippen molar-refractivity contribution in [3.8, 4) is 0 Å². The van der Waals surface area contributed by atoms with Crippen LogP contribution in [0.25, 0.3) is 0 Å². The summed E-state index contributed by atoms with van der Waals surface area (Å²) in [5.74, 6) is -0.980. The maximum atomic E-state index is 13.6. The molecule has 1 atom stereocenters. The van der Waals surface area contributed by atoms with Gasteiger partial charge in [-0.1, -0.05) is 35.1 Å². The minimum atomic E-state index is -3.75. The van der Waals surface area contributed by atoms with Gasteiger partial charge in [-0.2, -0.15) is 4.31 Å². The Balaban J connectivity index is 1.59. The molecule has 3 aromatic rings. The summed E-state index contributed by atoms with van der Waals surface area (Å²) in [5, 5.41) is 11.2. The number of rotatable bonds is 5. The molecule has 1 amide bonds. The lowest BCUT2D eigenvalue weighted by Gasteiger charge is -2.24. The van der Waals surface area contributed by atoms with Gasteiger partial charge in [0.05, 0.1) is 10.9 Å². The maximum Gasteiger partial charge on any atom is 0.286 e. The van der Waals surface area contributed by atoms with Crippen molar-refractivity contribution in [2.75, 3.05) is 11.9 Å². The fraction of sp³-hybridized carbons (Fsp3) is 0.318. The monoisotopic (exact) mass is 474 g/mol. The van der Waals surface area contributed by atoms with E-state index in [4.69, 9.17) is 0 Å². The number of carbonyl (C=O) groups excluding carboxylic acids is 1. The van der Waals surface area contributed by atoms with E-state index < -0.39 is 27.8 Å². The molecule has 1 saturated heterocycles. The highest BCUT2D eigenvalue weighted by molar-refractivity contribution is 7.89. The zero-order valence-corrected chi connectivity index (χ0v) is 19.6. The molecular weight excluding hydrogens is 451 g/mol. The van der Waals surface area contributed by atoms with Crippen molar-refractivity contribution in [3.63, 3.8) is 0 Å². The van der Waals surface area contributed by atoms with Gasteiger partial charge in [0, 0.05) is 12.2 Å². The smallest absolute Gasteiger partial charge is 0.286 e. The second kappa shape index (κ2) is 8.68. The van der Waals surface area contributed by atoms with Crippen molar-refractivity contribution in [1.29, 1.82) is 0 Å². The van der Waals surface area contributed by atoms with Crippen molar-refractivity contribution >= 4 is 33.0 Å². The van der Waals surface area contributed by atoms with E-state index in [0.717, 1.165) is 16.9 Å². The van der Waals surface area contributed by atoms with Gasteiger partial charge >= 0.3 is 0 Å². The zero-order chi connectivity index (χ0) is 23.0. The van der Waals surface area contributed by atoms with E-state index in [1.807, 2.05) is 19.1 Å². The molecule has 0 saturated carbocycles. The van der Waals surface area contributed by atoms with Gasteiger partial charge in [0.2, 0.25) is 15.0 Å². The van der Waals surface area contributed by atoms with Crippen LogP contribution >= 0.6 is 11.3 Å². The molecule has 0 bridgehead atoms. The van der Waals surface area contributed by atoms with Crippen LogP contribution in [0.2, 0.25) is 0 Å². The molecule has 1 aliphatic heterocycles. The van der Waals surface area contributed by atoms with Gasteiger partial charge in [-0.05, 0) is 62.9 Å². The molecule has 32 heavy (non-hydrogen) atoms. The summed E-state index contributed by atoms with van der Waals surface area (Å²) < 4.78 is 41.9. The number of sulfonamides is 1. The fourth-order valence-electron chi connectivity index (χ4n) is 4.18. The average Bonchev–Trinajstić information content (AvgIpc) is 3.37. The molecule has 1 aliphatic rings. The summed E-state index contributed by atoms with van der Waals surface area (Å²) in [7, 11) is -3.75. The Bertz CT molecular complexity index is 1270. The summed E-state index contributed by atoms with van der Waals surface area (Å²) >= 11 is 1.05. The Morgan fingerprint density at radius 2 is 1.88 bits per heavy atom. The summed E-state index contributed by atoms with van der Waals surface area (Å²) in [6, 6.07) is 8.80. The van der Waals surface area contributed by atoms with E-state index >= 15 is 0 Å². The van der Waals surface area contributed by atoms with Crippen molar-refractivity contribution in [3.05, 3.63) is 68.9 Å². The first kappa shape index (κ1) is 22.5. The molecule has 2 heterocycles. The van der Waals surface area contributed by atoms with Gasteiger partial charge in [-0.3, -0.25) is 4.79 Å². The number of amides is 1. The van der Waals surface area contributed by atoms with Crippen LogP contribution in [0.5, 0.6) is 0 Å². The highest BCUT2D eigenvalue weighted by atomic mass is 32.2. The lowest BCUT2D eigenvalue weighted by Crippen LogP contribution is -2.31. The lowest BCUT2D eigenvalue weighted by molar-refractivity contribution is 0.102. The van der Waals surface area contributed by atoms with Gasteiger partial charge in [0.15, 0.2) is 0 Å². The van der Waals surface area contributed by atoms with E-state index in [9.17, 15) is 17.6 Å². The van der Waals surface area contributed by atoms with Crippen molar-refractivity contribution in [2.45, 2.75) is 44.6 Å². The third-order valence-corrected chi connectivity index (χ3v) is 8.62. The van der Waals surface area contributed by atoms with E-state index in [0.29, 0.717) is 46.1 Å². The lowest BCUT2D eigenvalue weighted by atomic mass is 10.1. The first-order chi connectivity index (χ1) is 15.2. The maximum absolute atomic E-state index is 13.6. The minimum absolute atomic E-state index is 0.0937. The normalized spacial score (nSPS) is 16.9. The molecule has 0 aliphatic carbocycles. The summed E-state index contributed by atoms with van der Waals surface area (Å²) in [5.41, 5.74) is 2.73. The van der Waals surface area contributed by atoms with Crippen LogP contribution in [-0.4, -0.2) is 35.4 Å². The van der Waals surface area contributed by atoms with Crippen LogP contribution in [0.1, 0.15) is 50.4 Å². The molecule has 1 aromatic heterocycles. The summed E-state index contributed by atoms with van der Waals surface area (Å²) in [4.78, 5) is 12.8. The van der Waals surface area contributed by atoms with Gasteiger partial charge in [-0.25, -0.2) is 12.8 Å². The van der Waals surface area contributed by atoms with Crippen molar-refractivity contribution in [2.24, 2.45) is 0 Å². The van der Waals surface area contributed by atoms with Gasteiger partial charge < -0.3 is 5.32 Å². The number of benzene rings is 2. The Kier molecular flexibility index (Phi) is 6.11. The Labute approximate surface area is 190 Å². The van der Waals surface area contributed by atoms with E-state index in [1.54, 1.807) is 19.9 Å². The van der Waals surface area contributed by atoms with E-state index in [2.05, 4.69) is 15.5 Å². The van der Waals surface area contributed by atoms with E-state index in [-0.39, 0.29) is 5.01 Å². The molecule has 7 nitrogen and oxygen atoms in total. The molecular formula is C22H23FN4O3S2. The van der Waals surface area contributed by atoms with Gasteiger partial charge in [0.1, 0.15) is 10.8 Å². The molecule has 1 fully saturated rings. The second-order valence-corrected chi connectivity index (χ2v) is 10.7. The Morgan fingerprint density at radius 3 is 2.56 bits per heavy atom. The highest BCUT2D eigenvalue weighted by Crippen LogP contribution is 2.39. The quantitative estimate of drug-likeness (QED) is 0.592. The average molecular weight is 475 g/mol. The molecule has 4 rings (SSSR count). The fourth-order valence-corrected chi connectivity index (χ4v) is 7.21. The van der Waals surface area contributed by atoms with Crippen LogP contribution in [0.3, 0.4) is 0 Å². The standard InChI is InChI=1S/C22H23FN4O3S2/c1-13-10-14(2)19(15(3)11-13)32(29,30)27-9-5-8-18(27)21-25-26-22(31-21)20(28)24-17-7-4-6-16(23)12-17/h4,6-7,10-12,18H,5,8-9H2,1-3H3,(H,24,28). The molecule has 1 unspecified atom stereocenters. The SMILES string of the molecule is Cc1cc(C)c(S(=O)(=O)N2CCCC2c2nnc(C(=O)Nc3cccc(F)c3)s2)c(C)c1. The predicted molar refractivity (Wildman–Crippen MR) is 121 cm³/mol. The number of hydrogen-bond acceptors (Lipinski definition) is 6. The van der Waals surface area contributed by atoms with Gasteiger partial charge in [-0.15, -0.1) is 10.2 Å². The third-order valence-electron chi connectivity index (χ3n) is 5.38. The molecule has 2 aromatic carbocycles. The zero-order valence-electron chi connectivity index (χ0n) is 17.9. The van der Waals surface area contributed by atoms with Crippen molar-refractivity contribution < 1.29 is 17.6 Å². The van der Waals surface area contributed by atoms with E-state index in [1.165, 1.54) is 22.5 Å². The number of nitrogens with zero attached hydrogens (tertiary/aromatic N) is 3. The number of halogens is 1. The number of carbonyl (C=O) groups is 1. The third kappa shape index (κ3) is 4.30. The van der Waals surface area contributed by atoms with Gasteiger partial charge in [0.25, 0.3) is 5.91 Å². The summed E-state index contributed by atoms with van der Waals surface area (Å²) in [6.45, 7) is 5.92. The Morgan fingerprint density at radius 1 is 1.16 bits per heavy atom. The predicted octanol–water partition coefficient (Wildman–Crippen LogP) is 4.38. The summed E-state index contributed by atoms with van der Waals surface area (Å²) in [6.07, 6.45) is 1.29. The molecule has 0 spiro atoms. The van der Waals surface area contributed by atoms with Crippen LogP contribution in [0.15, 0.2) is 41.3 Å². The second-order valence-electron chi connectivity index (χ2n) is 7.91. The molecule has 1 N–H and O–H groups in total. The number of aryl methyl sites for hydroxylation is 3. The van der Waals surface area contributed by atoms with Crippen LogP contribution < -0.4 is 5.32 Å². The molecule has 168 valence electrons. The number of anilines is 1. The van der Waals surface area contributed by atoms with Crippen LogP contribution in [0.4, 0.5) is 10.1 Å². The topological polar surface area (TPSA) is 92.3 Å². The number of aromatic nitrogens is 2. The van der Waals surface area contributed by atoms with Crippen LogP contribution in [0, 0.1) is 26.6 Å².